The van der Waals surface area contributed by atoms with E-state index in [9.17, 15) is 14.7 Å². The number of aliphatic hydroxyl groups excluding tert-OH is 1. The molecule has 2 aromatic carbocycles. The molecule has 1 aliphatic heterocycles. The second-order valence-electron chi connectivity index (χ2n) is 11.7. The first kappa shape index (κ1) is 34.9. The largest absolute Gasteiger partial charge is 0.392 e. The number of unbranched alkanes of at least 4 members (excludes halogenated alkanes) is 1. The fraction of sp³-hybridized carbons (Fsp3) is 0.472. The van der Waals surface area contributed by atoms with Gasteiger partial charge in [-0.2, -0.15) is 0 Å². The average molecular weight is 602 g/mol. The maximum Gasteiger partial charge on any atom is 0.220 e. The normalized spacial score (nSPS) is 15.9. The minimum absolute atomic E-state index is 0.343. The molecule has 0 unspecified atom stereocenters. The number of aryl methyl sites for hydroxylation is 2. The van der Waals surface area contributed by atoms with Crippen molar-refractivity contribution in [2.75, 3.05) is 39.3 Å². The summed E-state index contributed by atoms with van der Waals surface area (Å²) in [5.41, 5.74) is 11.0. The molecule has 238 valence electrons. The Kier molecular flexibility index (Phi) is 16.2. The van der Waals surface area contributed by atoms with E-state index in [4.69, 9.17) is 5.73 Å². The highest BCUT2D eigenvalue weighted by Gasteiger charge is 2.24. The van der Waals surface area contributed by atoms with E-state index in [1.165, 1.54) is 24.8 Å². The minimum atomic E-state index is -0.550. The molecule has 5 rings (SSSR count). The Hall–Kier alpha value is -3.59. The Bertz CT molecular complexity index is 1180. The van der Waals surface area contributed by atoms with Crippen molar-refractivity contribution in [1.29, 1.82) is 0 Å². The Morgan fingerprint density at radius 1 is 0.955 bits per heavy atom. The van der Waals surface area contributed by atoms with Crippen molar-refractivity contribution in [2.45, 2.75) is 64.5 Å². The summed E-state index contributed by atoms with van der Waals surface area (Å²) in [6.07, 6.45) is 11.0. The van der Waals surface area contributed by atoms with Crippen molar-refractivity contribution in [3.05, 3.63) is 101 Å². The summed E-state index contributed by atoms with van der Waals surface area (Å²) in [7, 11) is 0. The summed E-state index contributed by atoms with van der Waals surface area (Å²) in [6, 6.07) is 22.6. The van der Waals surface area contributed by atoms with Crippen LogP contribution in [0.5, 0.6) is 0 Å². The lowest BCUT2D eigenvalue weighted by Crippen LogP contribution is -2.48. The predicted molar refractivity (Wildman–Crippen MR) is 177 cm³/mol. The van der Waals surface area contributed by atoms with Crippen LogP contribution in [0.2, 0.25) is 0 Å². The zero-order valence-electron chi connectivity index (χ0n) is 26.3. The molecule has 8 nitrogen and oxygen atoms in total. The van der Waals surface area contributed by atoms with Crippen LogP contribution in [-0.2, 0) is 35.4 Å². The van der Waals surface area contributed by atoms with Crippen LogP contribution in [0.1, 0.15) is 54.9 Å². The second kappa shape index (κ2) is 20.4. The van der Waals surface area contributed by atoms with Gasteiger partial charge < -0.3 is 16.2 Å². The van der Waals surface area contributed by atoms with Gasteiger partial charge >= 0.3 is 0 Å². The number of aliphatic hydroxyl groups is 1. The molecule has 1 fully saturated rings. The van der Waals surface area contributed by atoms with Crippen LogP contribution < -0.4 is 11.1 Å². The highest BCUT2D eigenvalue weighted by Crippen LogP contribution is 2.20. The van der Waals surface area contributed by atoms with E-state index < -0.39 is 6.10 Å². The number of fused-ring (bicyclic) bond motifs is 1. The van der Waals surface area contributed by atoms with Crippen molar-refractivity contribution in [3.63, 3.8) is 0 Å². The Morgan fingerprint density at radius 3 is 2.18 bits per heavy atom. The topological polar surface area (TPSA) is 112 Å². The van der Waals surface area contributed by atoms with Gasteiger partial charge in [-0.05, 0) is 66.8 Å². The number of piperazine rings is 1. The number of nitrogens with one attached hydrogen (secondary N) is 1. The standard InChI is InChI=1S/C22H30N4O2.C9H10.C5H11NO/c23-22(28)20(13-18-5-2-1-3-6-18)14-21(27)17-26-11-9-25(10-12-26)16-19-7-4-8-24-15-19;1-2-5-9-7-3-6-8(9)4-1;1-2-3-4-6-5-7/h1-8,15,20-21,27H,9-14,16-17H2,(H2,23,28);1-2,4-5H,3,6-7H2;5H,2-4H2,1H3,(H,6,7)/t20-,21+;;/m1../s1. The number of benzene rings is 2. The molecule has 1 aromatic heterocycles. The minimum Gasteiger partial charge on any atom is -0.392 e. The Labute approximate surface area is 263 Å². The first-order chi connectivity index (χ1) is 21.5. The smallest absolute Gasteiger partial charge is 0.220 e. The van der Waals surface area contributed by atoms with E-state index in [1.54, 1.807) is 17.3 Å². The highest BCUT2D eigenvalue weighted by molar-refractivity contribution is 5.77. The molecule has 0 radical (unpaired) electrons. The van der Waals surface area contributed by atoms with Gasteiger partial charge in [0.1, 0.15) is 0 Å². The van der Waals surface area contributed by atoms with Crippen LogP contribution in [0.4, 0.5) is 0 Å². The summed E-state index contributed by atoms with van der Waals surface area (Å²) in [6.45, 7) is 8.15. The predicted octanol–water partition coefficient (Wildman–Crippen LogP) is 4.00. The number of aromatic nitrogens is 1. The van der Waals surface area contributed by atoms with Gasteiger partial charge in [0.05, 0.1) is 6.10 Å². The summed E-state index contributed by atoms with van der Waals surface area (Å²) >= 11 is 0. The van der Waals surface area contributed by atoms with E-state index in [1.807, 2.05) is 42.6 Å². The number of β-amino-alcohol motifs (C(OH)–C–C–N with tert-alkyl or cyclic N) is 1. The molecule has 1 aliphatic carbocycles. The fourth-order valence-corrected chi connectivity index (χ4v) is 5.63. The summed E-state index contributed by atoms with van der Waals surface area (Å²) in [5, 5.41) is 13.1. The van der Waals surface area contributed by atoms with E-state index in [0.717, 1.165) is 64.1 Å². The highest BCUT2D eigenvalue weighted by atomic mass is 16.3. The van der Waals surface area contributed by atoms with Gasteiger partial charge in [-0.1, -0.05) is 74.0 Å². The van der Waals surface area contributed by atoms with Gasteiger partial charge in [-0.25, -0.2) is 0 Å². The van der Waals surface area contributed by atoms with Gasteiger partial charge in [0.2, 0.25) is 12.3 Å². The van der Waals surface area contributed by atoms with Crippen molar-refractivity contribution in [1.82, 2.24) is 20.1 Å². The number of carbonyl (C=O) groups excluding carboxylic acids is 2. The third-order valence-corrected chi connectivity index (χ3v) is 8.12. The molecule has 0 spiro atoms. The number of hydrogen-bond acceptors (Lipinski definition) is 6. The maximum atomic E-state index is 11.8. The van der Waals surface area contributed by atoms with Crippen molar-refractivity contribution in [3.8, 4) is 0 Å². The second-order valence-corrected chi connectivity index (χ2v) is 11.7. The van der Waals surface area contributed by atoms with E-state index in [2.05, 4.69) is 57.4 Å². The zero-order chi connectivity index (χ0) is 31.4. The zero-order valence-corrected chi connectivity index (χ0v) is 26.3. The van der Waals surface area contributed by atoms with Crippen LogP contribution in [0.15, 0.2) is 79.1 Å². The number of primary amides is 1. The third-order valence-electron chi connectivity index (χ3n) is 8.12. The molecular weight excluding hydrogens is 550 g/mol. The lowest BCUT2D eigenvalue weighted by Gasteiger charge is -2.35. The number of nitrogens with two attached hydrogens (primary N) is 1. The van der Waals surface area contributed by atoms with E-state index in [0.29, 0.717) is 19.4 Å². The number of carbonyl (C=O) groups is 2. The number of nitrogens with zero attached hydrogens (tertiary/aromatic N) is 3. The molecule has 44 heavy (non-hydrogen) atoms. The monoisotopic (exact) mass is 601 g/mol. The van der Waals surface area contributed by atoms with E-state index >= 15 is 0 Å². The van der Waals surface area contributed by atoms with Crippen LogP contribution in [-0.4, -0.2) is 77.6 Å². The molecule has 0 bridgehead atoms. The quantitative estimate of drug-likeness (QED) is 0.202. The number of amides is 2. The molecule has 2 aliphatic rings. The lowest BCUT2D eigenvalue weighted by molar-refractivity contribution is -0.123. The molecule has 2 heterocycles. The molecular formula is C36H51N5O3. The number of hydrogen-bond donors (Lipinski definition) is 3. The summed E-state index contributed by atoms with van der Waals surface area (Å²) < 4.78 is 0. The first-order valence-electron chi connectivity index (χ1n) is 16.1. The van der Waals surface area contributed by atoms with Crippen molar-refractivity contribution < 1.29 is 14.7 Å². The van der Waals surface area contributed by atoms with Crippen LogP contribution in [0.25, 0.3) is 0 Å². The Morgan fingerprint density at radius 2 is 1.59 bits per heavy atom. The van der Waals surface area contributed by atoms with Crippen LogP contribution in [0.3, 0.4) is 0 Å². The van der Waals surface area contributed by atoms with Gasteiger partial charge in [0, 0.05) is 64.1 Å². The molecule has 2 amide bonds. The van der Waals surface area contributed by atoms with Gasteiger partial charge in [0.15, 0.2) is 0 Å². The fourth-order valence-electron chi connectivity index (χ4n) is 5.63. The molecule has 2 atom stereocenters. The maximum absolute atomic E-state index is 11.8. The average Bonchev–Trinajstić information content (AvgIpc) is 3.53. The molecule has 4 N–H and O–H groups in total. The molecule has 8 heteroatoms. The molecule has 0 saturated carbocycles. The first-order valence-corrected chi connectivity index (χ1v) is 16.1. The number of pyridine rings is 1. The summed E-state index contributed by atoms with van der Waals surface area (Å²) in [5.74, 6) is -0.687. The Balaban J connectivity index is 0.000000267. The van der Waals surface area contributed by atoms with Crippen LogP contribution in [0, 0.1) is 5.92 Å². The molecule has 3 aromatic rings. The van der Waals surface area contributed by atoms with Crippen LogP contribution >= 0.6 is 0 Å². The SMILES string of the molecule is CCCCNC=O.NC(=O)[C@H](Cc1ccccc1)C[C@H](O)CN1CCN(Cc2cccnc2)CC1.c1ccc2c(c1)CCC2. The molecule has 1 saturated heterocycles. The van der Waals surface area contributed by atoms with Gasteiger partial charge in [-0.3, -0.25) is 24.4 Å². The summed E-state index contributed by atoms with van der Waals surface area (Å²) in [4.78, 5) is 30.2. The van der Waals surface area contributed by atoms with Gasteiger partial charge in [0.25, 0.3) is 0 Å². The van der Waals surface area contributed by atoms with Crippen molar-refractivity contribution >= 4 is 12.3 Å². The van der Waals surface area contributed by atoms with E-state index in [-0.39, 0.29) is 11.8 Å². The van der Waals surface area contributed by atoms with Gasteiger partial charge in [-0.15, -0.1) is 0 Å². The third kappa shape index (κ3) is 13.4. The van der Waals surface area contributed by atoms with Crippen molar-refractivity contribution in [2.24, 2.45) is 11.7 Å². The lowest BCUT2D eigenvalue weighted by atomic mass is 9.93. The number of rotatable bonds is 13.